The summed E-state index contributed by atoms with van der Waals surface area (Å²) in [4.78, 5) is 3.74. The van der Waals surface area contributed by atoms with Gasteiger partial charge in [0.2, 0.25) is 0 Å². The molecular weight excluding hydrogens is 214 g/mol. The average molecular weight is 231 g/mol. The van der Waals surface area contributed by atoms with E-state index in [0.717, 1.165) is 13.2 Å². The third-order valence-corrected chi connectivity index (χ3v) is 0.487. The van der Waals surface area contributed by atoms with Crippen molar-refractivity contribution in [1.29, 1.82) is 0 Å². The molecule has 0 spiro atoms. The topological polar surface area (TPSA) is 148 Å². The molecule has 0 bridgehead atoms. The molecule has 0 aromatic heterocycles. The molecule has 8 nitrogen and oxygen atoms in total. The van der Waals surface area contributed by atoms with Crippen LogP contribution in [0.15, 0.2) is 4.99 Å². The Bertz CT molecular complexity index is 189. The summed E-state index contributed by atoms with van der Waals surface area (Å²) >= 11 is 0. The van der Waals surface area contributed by atoms with E-state index in [1.54, 1.807) is 0 Å². The Kier molecular flexibility index (Phi) is 20.0. The second kappa shape index (κ2) is 14.8. The Balaban J connectivity index is -0.000000128. The van der Waals surface area contributed by atoms with E-state index in [-0.39, 0.29) is 0 Å². The Morgan fingerprint density at radius 2 is 1.64 bits per heavy atom. The van der Waals surface area contributed by atoms with E-state index >= 15 is 0 Å². The Morgan fingerprint density at radius 3 is 1.71 bits per heavy atom. The molecule has 1 aliphatic heterocycles. The van der Waals surface area contributed by atoms with Crippen molar-refractivity contribution in [3.8, 4) is 0 Å². The maximum atomic E-state index is 8.74. The van der Waals surface area contributed by atoms with Gasteiger partial charge in [-0.05, 0) is 14.1 Å². The highest BCUT2D eigenvalue weighted by molar-refractivity contribution is 7.79. The number of ether oxygens (including phenoxy) is 1. The number of aliphatic imine (C=N–C) groups is 1. The van der Waals surface area contributed by atoms with Crippen molar-refractivity contribution in [2.24, 2.45) is 16.5 Å². The quantitative estimate of drug-likeness (QED) is 0.372. The summed E-state index contributed by atoms with van der Waals surface area (Å²) in [6.07, 6.45) is 1.49. The molecule has 1 heterocycles. The second-order valence-corrected chi connectivity index (χ2v) is 2.23. The first-order valence-electron chi connectivity index (χ1n) is 3.45. The van der Waals surface area contributed by atoms with Gasteiger partial charge < -0.3 is 16.2 Å². The van der Waals surface area contributed by atoms with E-state index < -0.39 is 10.4 Å². The van der Waals surface area contributed by atoms with Crippen LogP contribution in [0.2, 0.25) is 0 Å². The zero-order valence-corrected chi connectivity index (χ0v) is 8.94. The van der Waals surface area contributed by atoms with Gasteiger partial charge in [-0.3, -0.25) is 14.1 Å². The van der Waals surface area contributed by atoms with Crippen LogP contribution in [0.5, 0.6) is 0 Å². The van der Waals surface area contributed by atoms with Crippen molar-refractivity contribution in [3.05, 3.63) is 0 Å². The SMILES string of the molecule is C1=NCCO1.CN.CN.O=S(=O)(O)O. The van der Waals surface area contributed by atoms with Gasteiger partial charge >= 0.3 is 10.4 Å². The van der Waals surface area contributed by atoms with Crippen LogP contribution in [-0.2, 0) is 15.1 Å². The van der Waals surface area contributed by atoms with Crippen molar-refractivity contribution in [3.63, 3.8) is 0 Å². The van der Waals surface area contributed by atoms with Crippen molar-refractivity contribution < 1.29 is 22.3 Å². The summed E-state index contributed by atoms with van der Waals surface area (Å²) in [5, 5.41) is 0. The van der Waals surface area contributed by atoms with Gasteiger partial charge in [-0.15, -0.1) is 0 Å². The summed E-state index contributed by atoms with van der Waals surface area (Å²) in [6.45, 7) is 1.62. The zero-order valence-electron chi connectivity index (χ0n) is 8.12. The maximum absolute atomic E-state index is 8.74. The van der Waals surface area contributed by atoms with Crippen LogP contribution in [0, 0.1) is 0 Å². The van der Waals surface area contributed by atoms with Gasteiger partial charge in [-0.2, -0.15) is 8.42 Å². The molecule has 0 amide bonds. The lowest BCUT2D eigenvalue weighted by atomic mass is 10.8. The molecule has 0 saturated carbocycles. The van der Waals surface area contributed by atoms with Gasteiger partial charge in [0.15, 0.2) is 6.40 Å². The monoisotopic (exact) mass is 231 g/mol. The molecule has 1 rings (SSSR count). The smallest absolute Gasteiger partial charge is 0.394 e. The minimum absolute atomic E-state index is 0.778. The minimum atomic E-state index is -4.67. The summed E-state index contributed by atoms with van der Waals surface area (Å²) < 4.78 is 36.2. The molecule has 9 heteroatoms. The lowest BCUT2D eigenvalue weighted by molar-refractivity contribution is 0.361. The molecule has 0 fully saturated rings. The summed E-state index contributed by atoms with van der Waals surface area (Å²) in [5.41, 5.74) is 9.00. The van der Waals surface area contributed by atoms with E-state index in [0.29, 0.717) is 0 Å². The molecular formula is C5H17N3O5S. The summed E-state index contributed by atoms with van der Waals surface area (Å²) in [5.74, 6) is 0. The van der Waals surface area contributed by atoms with Crippen molar-refractivity contribution in [2.75, 3.05) is 27.2 Å². The number of nitrogens with two attached hydrogens (primary N) is 2. The van der Waals surface area contributed by atoms with E-state index in [4.69, 9.17) is 17.5 Å². The zero-order chi connectivity index (χ0) is 12.0. The van der Waals surface area contributed by atoms with E-state index in [1.165, 1.54) is 20.5 Å². The molecule has 0 radical (unpaired) electrons. The second-order valence-electron chi connectivity index (χ2n) is 1.33. The van der Waals surface area contributed by atoms with E-state index in [9.17, 15) is 0 Å². The molecule has 0 atom stereocenters. The van der Waals surface area contributed by atoms with Gasteiger partial charge in [-0.1, -0.05) is 0 Å². The number of nitrogens with zero attached hydrogens (tertiary/aromatic N) is 1. The van der Waals surface area contributed by atoms with Crippen LogP contribution < -0.4 is 11.5 Å². The molecule has 0 saturated heterocycles. The predicted octanol–water partition coefficient (Wildman–Crippen LogP) is -1.46. The van der Waals surface area contributed by atoms with E-state index in [1.807, 2.05) is 0 Å². The fourth-order valence-electron chi connectivity index (χ4n) is 0.264. The average Bonchev–Trinajstić information content (AvgIpc) is 2.64. The molecule has 0 aromatic carbocycles. The van der Waals surface area contributed by atoms with Crippen LogP contribution in [0.4, 0.5) is 0 Å². The summed E-state index contributed by atoms with van der Waals surface area (Å²) in [6, 6.07) is 0. The first-order valence-corrected chi connectivity index (χ1v) is 4.85. The largest absolute Gasteiger partial charge is 0.482 e. The van der Waals surface area contributed by atoms with E-state index in [2.05, 4.69) is 21.2 Å². The summed E-state index contributed by atoms with van der Waals surface area (Å²) in [7, 11) is -1.67. The highest BCUT2D eigenvalue weighted by Crippen LogP contribution is 1.78. The van der Waals surface area contributed by atoms with Gasteiger partial charge in [-0.25, -0.2) is 0 Å². The van der Waals surface area contributed by atoms with Crippen molar-refractivity contribution in [1.82, 2.24) is 0 Å². The van der Waals surface area contributed by atoms with Gasteiger partial charge in [0.05, 0.1) is 6.54 Å². The van der Waals surface area contributed by atoms with Crippen molar-refractivity contribution in [2.45, 2.75) is 0 Å². The first kappa shape index (κ1) is 18.9. The maximum Gasteiger partial charge on any atom is 0.394 e. The highest BCUT2D eigenvalue weighted by Gasteiger charge is 1.85. The van der Waals surface area contributed by atoms with Crippen LogP contribution in [0.3, 0.4) is 0 Å². The first-order chi connectivity index (χ1) is 6.50. The molecule has 0 aliphatic carbocycles. The third-order valence-electron chi connectivity index (χ3n) is 0.487. The Labute approximate surface area is 83.5 Å². The van der Waals surface area contributed by atoms with Crippen LogP contribution in [0.25, 0.3) is 0 Å². The standard InChI is InChI=1S/C3H5NO.2CH5N.H2O4S/c1-2-5-3-4-1;2*1-2;1-5(2,3)4/h3H,1-2H2;2*2H2,1H3;(H2,1,2,3,4). The van der Waals surface area contributed by atoms with Crippen LogP contribution in [0.1, 0.15) is 0 Å². The minimum Gasteiger partial charge on any atom is -0.482 e. The lowest BCUT2D eigenvalue weighted by Crippen LogP contribution is -1.89. The molecule has 6 N–H and O–H groups in total. The fourth-order valence-corrected chi connectivity index (χ4v) is 0.264. The normalized spacial score (nSPS) is 11.9. The van der Waals surface area contributed by atoms with Gasteiger partial charge in [0.25, 0.3) is 0 Å². The van der Waals surface area contributed by atoms with Crippen LogP contribution in [-0.4, -0.2) is 51.2 Å². The Hall–Kier alpha value is -0.740. The molecule has 0 unspecified atom stereocenters. The number of hydrogen-bond donors (Lipinski definition) is 4. The lowest BCUT2D eigenvalue weighted by Gasteiger charge is -1.76. The van der Waals surface area contributed by atoms with Crippen molar-refractivity contribution >= 4 is 16.8 Å². The predicted molar refractivity (Wildman–Crippen MR) is 53.7 cm³/mol. The molecule has 14 heavy (non-hydrogen) atoms. The molecule has 88 valence electrons. The Morgan fingerprint density at radius 1 is 1.29 bits per heavy atom. The number of hydrogen-bond acceptors (Lipinski definition) is 6. The van der Waals surface area contributed by atoms with Gasteiger partial charge in [0, 0.05) is 0 Å². The molecule has 0 aromatic rings. The fraction of sp³-hybridized carbons (Fsp3) is 0.800. The van der Waals surface area contributed by atoms with Gasteiger partial charge in [0.1, 0.15) is 6.61 Å². The molecule has 1 aliphatic rings. The number of rotatable bonds is 0. The third kappa shape index (κ3) is 65.3. The van der Waals surface area contributed by atoms with Crippen LogP contribution >= 0.6 is 0 Å². The highest BCUT2D eigenvalue weighted by atomic mass is 32.3.